The van der Waals surface area contributed by atoms with E-state index in [2.05, 4.69) is 26.0 Å². The highest BCUT2D eigenvalue weighted by atomic mass is 14.0. The standard InChI is InChI=1S/C25H50/c1-3-5-7-9-11-13-15-17-19-21-23-25-24-22-20-18-16-14-12-10-8-6-4-2/h9,11H,3-8,10,12-25H2,1-2H3/b11-9-. The maximum absolute atomic E-state index is 2.40. The zero-order valence-corrected chi connectivity index (χ0v) is 18.0. The Kier molecular flexibility index (Phi) is 23.5. The molecule has 0 nitrogen and oxygen atoms in total. The third-order valence-electron chi connectivity index (χ3n) is 5.37. The summed E-state index contributed by atoms with van der Waals surface area (Å²) in [5, 5.41) is 0. The predicted molar refractivity (Wildman–Crippen MR) is 117 cm³/mol. The van der Waals surface area contributed by atoms with Gasteiger partial charge in [0, 0.05) is 0 Å². The molecule has 0 aromatic rings. The van der Waals surface area contributed by atoms with Gasteiger partial charge in [0.05, 0.1) is 0 Å². The quantitative estimate of drug-likeness (QED) is 0.143. The van der Waals surface area contributed by atoms with Gasteiger partial charge in [-0.3, -0.25) is 0 Å². The fourth-order valence-corrected chi connectivity index (χ4v) is 3.54. The van der Waals surface area contributed by atoms with Crippen molar-refractivity contribution in [3.63, 3.8) is 0 Å². The van der Waals surface area contributed by atoms with Crippen LogP contribution in [0.15, 0.2) is 12.2 Å². The van der Waals surface area contributed by atoms with Gasteiger partial charge in [-0.05, 0) is 19.3 Å². The molecule has 0 bridgehead atoms. The summed E-state index contributed by atoms with van der Waals surface area (Å²) in [5.74, 6) is 0. The summed E-state index contributed by atoms with van der Waals surface area (Å²) in [5.41, 5.74) is 0. The van der Waals surface area contributed by atoms with Crippen LogP contribution in [0.3, 0.4) is 0 Å². The summed E-state index contributed by atoms with van der Waals surface area (Å²) >= 11 is 0. The molecule has 0 saturated carbocycles. The first-order valence-electron chi connectivity index (χ1n) is 12.1. The van der Waals surface area contributed by atoms with Gasteiger partial charge >= 0.3 is 0 Å². The fourth-order valence-electron chi connectivity index (χ4n) is 3.54. The monoisotopic (exact) mass is 350 g/mol. The first-order chi connectivity index (χ1) is 12.4. The molecule has 0 amide bonds. The molecule has 0 heteroatoms. The predicted octanol–water partition coefficient (Wildman–Crippen LogP) is 9.77. The van der Waals surface area contributed by atoms with Gasteiger partial charge in [-0.25, -0.2) is 0 Å². The first kappa shape index (κ1) is 24.7. The van der Waals surface area contributed by atoms with Gasteiger partial charge in [0.2, 0.25) is 0 Å². The van der Waals surface area contributed by atoms with E-state index in [0.717, 1.165) is 0 Å². The smallest absolute Gasteiger partial charge is 0.0351 e. The average molecular weight is 351 g/mol. The largest absolute Gasteiger partial charge is 0.0885 e. The van der Waals surface area contributed by atoms with Crippen LogP contribution in [-0.2, 0) is 0 Å². The van der Waals surface area contributed by atoms with E-state index in [4.69, 9.17) is 0 Å². The van der Waals surface area contributed by atoms with Crippen molar-refractivity contribution in [1.29, 1.82) is 0 Å². The van der Waals surface area contributed by atoms with Crippen molar-refractivity contribution in [2.75, 3.05) is 0 Å². The second-order valence-corrected chi connectivity index (χ2v) is 8.06. The van der Waals surface area contributed by atoms with E-state index >= 15 is 0 Å². The van der Waals surface area contributed by atoms with E-state index in [0.29, 0.717) is 0 Å². The molecule has 25 heavy (non-hydrogen) atoms. The lowest BCUT2D eigenvalue weighted by Gasteiger charge is -2.03. The minimum absolute atomic E-state index is 1.29. The van der Waals surface area contributed by atoms with Crippen LogP contribution in [0.4, 0.5) is 0 Å². The SMILES string of the molecule is CCCC/C=C\CCCCCCCCCCCCCCCCCCC. The van der Waals surface area contributed by atoms with Gasteiger partial charge in [-0.15, -0.1) is 0 Å². The second kappa shape index (κ2) is 23.7. The van der Waals surface area contributed by atoms with Crippen LogP contribution in [0.1, 0.15) is 149 Å². The van der Waals surface area contributed by atoms with Crippen molar-refractivity contribution in [3.05, 3.63) is 12.2 Å². The highest BCUT2D eigenvalue weighted by Gasteiger charge is 1.94. The van der Waals surface area contributed by atoms with E-state index < -0.39 is 0 Å². The Morgan fingerprint density at radius 2 is 0.600 bits per heavy atom. The zero-order chi connectivity index (χ0) is 18.3. The van der Waals surface area contributed by atoms with Gasteiger partial charge in [0.1, 0.15) is 0 Å². The number of hydrogen-bond acceptors (Lipinski definition) is 0. The third kappa shape index (κ3) is 23.7. The average Bonchev–Trinajstić information content (AvgIpc) is 2.63. The van der Waals surface area contributed by atoms with Gasteiger partial charge in [0.15, 0.2) is 0 Å². The molecule has 0 N–H and O–H groups in total. The van der Waals surface area contributed by atoms with Gasteiger partial charge in [0.25, 0.3) is 0 Å². The summed E-state index contributed by atoms with van der Waals surface area (Å²) in [7, 11) is 0. The van der Waals surface area contributed by atoms with E-state index in [-0.39, 0.29) is 0 Å². The molecule has 150 valence electrons. The topological polar surface area (TPSA) is 0 Å². The van der Waals surface area contributed by atoms with E-state index in [1.165, 1.54) is 135 Å². The minimum Gasteiger partial charge on any atom is -0.0885 e. The van der Waals surface area contributed by atoms with Crippen LogP contribution in [-0.4, -0.2) is 0 Å². The van der Waals surface area contributed by atoms with Crippen molar-refractivity contribution in [1.82, 2.24) is 0 Å². The molecule has 0 aliphatic carbocycles. The van der Waals surface area contributed by atoms with Crippen molar-refractivity contribution < 1.29 is 0 Å². The van der Waals surface area contributed by atoms with E-state index in [9.17, 15) is 0 Å². The molecule has 0 saturated heterocycles. The highest BCUT2D eigenvalue weighted by Crippen LogP contribution is 2.14. The second-order valence-electron chi connectivity index (χ2n) is 8.06. The molecule has 0 fully saturated rings. The number of unbranched alkanes of at least 4 members (excludes halogenated alkanes) is 19. The summed E-state index contributed by atoms with van der Waals surface area (Å²) in [6.45, 7) is 4.57. The lowest BCUT2D eigenvalue weighted by molar-refractivity contribution is 0.527. The maximum Gasteiger partial charge on any atom is -0.0351 e. The summed E-state index contributed by atoms with van der Waals surface area (Å²) in [6, 6.07) is 0. The summed E-state index contributed by atoms with van der Waals surface area (Å²) in [6.07, 6.45) is 34.9. The lowest BCUT2D eigenvalue weighted by Crippen LogP contribution is -1.83. The molecule has 0 radical (unpaired) electrons. The summed E-state index contributed by atoms with van der Waals surface area (Å²) in [4.78, 5) is 0. The van der Waals surface area contributed by atoms with E-state index in [1.54, 1.807) is 0 Å². The molecule has 0 aromatic carbocycles. The molecule has 0 rings (SSSR count). The normalized spacial score (nSPS) is 11.6. The molecule has 0 spiro atoms. The first-order valence-corrected chi connectivity index (χ1v) is 12.1. The molecule has 0 unspecified atom stereocenters. The van der Waals surface area contributed by atoms with Crippen LogP contribution < -0.4 is 0 Å². The molecule has 0 heterocycles. The van der Waals surface area contributed by atoms with Crippen LogP contribution in [0.2, 0.25) is 0 Å². The van der Waals surface area contributed by atoms with Gasteiger partial charge in [-0.1, -0.05) is 142 Å². The molecule has 0 aliphatic heterocycles. The molecular weight excluding hydrogens is 300 g/mol. The number of hydrogen-bond donors (Lipinski definition) is 0. The number of allylic oxidation sites excluding steroid dienone is 2. The highest BCUT2D eigenvalue weighted by molar-refractivity contribution is 4.81. The maximum atomic E-state index is 2.40. The summed E-state index contributed by atoms with van der Waals surface area (Å²) < 4.78 is 0. The zero-order valence-electron chi connectivity index (χ0n) is 18.0. The Labute approximate surface area is 161 Å². The van der Waals surface area contributed by atoms with Crippen molar-refractivity contribution in [2.24, 2.45) is 0 Å². The molecule has 0 atom stereocenters. The Bertz CT molecular complexity index is 240. The Morgan fingerprint density at radius 3 is 0.960 bits per heavy atom. The van der Waals surface area contributed by atoms with Crippen molar-refractivity contribution >= 4 is 0 Å². The van der Waals surface area contributed by atoms with Crippen molar-refractivity contribution in [3.8, 4) is 0 Å². The van der Waals surface area contributed by atoms with Crippen LogP contribution in [0, 0.1) is 0 Å². The van der Waals surface area contributed by atoms with Gasteiger partial charge in [-0.2, -0.15) is 0 Å². The minimum atomic E-state index is 1.29. The van der Waals surface area contributed by atoms with E-state index in [1.807, 2.05) is 0 Å². The third-order valence-corrected chi connectivity index (χ3v) is 5.37. The Morgan fingerprint density at radius 1 is 0.320 bits per heavy atom. The molecule has 0 aliphatic rings. The van der Waals surface area contributed by atoms with Crippen molar-refractivity contribution in [2.45, 2.75) is 149 Å². The lowest BCUT2D eigenvalue weighted by atomic mass is 10.0. The number of rotatable bonds is 21. The molecule has 0 aromatic heterocycles. The van der Waals surface area contributed by atoms with Crippen LogP contribution in [0.5, 0.6) is 0 Å². The van der Waals surface area contributed by atoms with Crippen LogP contribution >= 0.6 is 0 Å². The molecular formula is C25H50. The Balaban J connectivity index is 2.99. The van der Waals surface area contributed by atoms with Gasteiger partial charge < -0.3 is 0 Å². The Hall–Kier alpha value is -0.260. The fraction of sp³-hybridized carbons (Fsp3) is 0.920. The van der Waals surface area contributed by atoms with Crippen LogP contribution in [0.25, 0.3) is 0 Å².